The lowest BCUT2D eigenvalue weighted by Gasteiger charge is -2.17. The molecule has 0 fully saturated rings. The highest BCUT2D eigenvalue weighted by Crippen LogP contribution is 2.28. The van der Waals surface area contributed by atoms with Crippen molar-refractivity contribution in [1.82, 2.24) is 0 Å². The number of ether oxygens (including phenoxy) is 2. The van der Waals surface area contributed by atoms with Crippen molar-refractivity contribution in [3.8, 4) is 5.75 Å². The van der Waals surface area contributed by atoms with Crippen molar-refractivity contribution >= 4 is 17.6 Å². The zero-order valence-corrected chi connectivity index (χ0v) is 18.8. The predicted octanol–water partition coefficient (Wildman–Crippen LogP) is 5.40. The van der Waals surface area contributed by atoms with Gasteiger partial charge in [0.25, 0.3) is 5.91 Å². The zero-order chi connectivity index (χ0) is 22.1. The van der Waals surface area contributed by atoms with E-state index in [-0.39, 0.29) is 11.9 Å². The van der Waals surface area contributed by atoms with E-state index in [4.69, 9.17) is 9.47 Å². The summed E-state index contributed by atoms with van der Waals surface area (Å²) in [6.07, 6.45) is 2.67. The number of hydrogen-bond acceptors (Lipinski definition) is 4. The quantitative estimate of drug-likeness (QED) is 0.420. The second kappa shape index (κ2) is 11.4. The van der Waals surface area contributed by atoms with E-state index < -0.39 is 0 Å². The van der Waals surface area contributed by atoms with Gasteiger partial charge in [-0.25, -0.2) is 0 Å². The van der Waals surface area contributed by atoms with Crippen LogP contribution >= 0.6 is 0 Å². The van der Waals surface area contributed by atoms with Gasteiger partial charge in [-0.2, -0.15) is 0 Å². The maximum atomic E-state index is 13.0. The summed E-state index contributed by atoms with van der Waals surface area (Å²) in [7, 11) is 0. The van der Waals surface area contributed by atoms with Crippen LogP contribution in [0.4, 0.5) is 5.69 Å². The first-order valence-corrected chi connectivity index (χ1v) is 10.7. The fraction of sp³-hybridized carbons (Fsp3) is 0.440. The predicted molar refractivity (Wildman–Crippen MR) is 120 cm³/mol. The van der Waals surface area contributed by atoms with E-state index in [0.29, 0.717) is 26.1 Å². The summed E-state index contributed by atoms with van der Waals surface area (Å²) in [4.78, 5) is 24.4. The Kier molecular flexibility index (Phi) is 8.90. The zero-order valence-electron chi connectivity index (χ0n) is 18.8. The molecule has 2 rings (SSSR count). The lowest BCUT2D eigenvalue weighted by atomic mass is 9.96. The fourth-order valence-corrected chi connectivity index (χ4v) is 3.62. The second-order valence-electron chi connectivity index (χ2n) is 7.29. The largest absolute Gasteiger partial charge is 0.494 e. The normalized spacial score (nSPS) is 10.6. The van der Waals surface area contributed by atoms with Crippen LogP contribution in [0.3, 0.4) is 0 Å². The number of esters is 1. The van der Waals surface area contributed by atoms with Crippen molar-refractivity contribution in [2.24, 2.45) is 0 Å². The van der Waals surface area contributed by atoms with E-state index in [1.807, 2.05) is 38.1 Å². The minimum absolute atomic E-state index is 0.0866. The first-order valence-electron chi connectivity index (χ1n) is 10.7. The van der Waals surface area contributed by atoms with Crippen molar-refractivity contribution in [1.29, 1.82) is 0 Å². The molecule has 0 aromatic heterocycles. The van der Waals surface area contributed by atoms with Crippen LogP contribution in [0.5, 0.6) is 5.75 Å². The Morgan fingerprint density at radius 1 is 1.00 bits per heavy atom. The van der Waals surface area contributed by atoms with E-state index in [2.05, 4.69) is 25.2 Å². The molecule has 0 atom stereocenters. The number of nitrogens with one attached hydrogen (secondary N) is 1. The Morgan fingerprint density at radius 3 is 2.30 bits per heavy atom. The van der Waals surface area contributed by atoms with E-state index in [0.717, 1.165) is 46.5 Å². The lowest BCUT2D eigenvalue weighted by molar-refractivity contribution is -0.143. The molecular formula is C25H33NO4. The lowest BCUT2D eigenvalue weighted by Crippen LogP contribution is -2.17. The van der Waals surface area contributed by atoms with Crippen LogP contribution in [-0.4, -0.2) is 25.1 Å². The van der Waals surface area contributed by atoms with Gasteiger partial charge in [-0.1, -0.05) is 26.0 Å². The topological polar surface area (TPSA) is 64.6 Å². The highest BCUT2D eigenvalue weighted by Gasteiger charge is 2.16. The summed E-state index contributed by atoms with van der Waals surface area (Å²) in [5.74, 6) is 0.440. The van der Waals surface area contributed by atoms with E-state index in [9.17, 15) is 9.59 Å². The first kappa shape index (κ1) is 23.5. The molecule has 0 spiro atoms. The minimum atomic E-state index is -0.204. The molecule has 1 amide bonds. The maximum absolute atomic E-state index is 13.0. The Labute approximate surface area is 179 Å². The Hall–Kier alpha value is -2.82. The van der Waals surface area contributed by atoms with Gasteiger partial charge < -0.3 is 14.8 Å². The third kappa shape index (κ3) is 6.09. The van der Waals surface area contributed by atoms with Crippen molar-refractivity contribution in [3.63, 3.8) is 0 Å². The van der Waals surface area contributed by atoms with Gasteiger partial charge >= 0.3 is 5.97 Å². The van der Waals surface area contributed by atoms with Gasteiger partial charge in [0.2, 0.25) is 0 Å². The van der Waals surface area contributed by atoms with Crippen molar-refractivity contribution in [2.45, 2.75) is 60.3 Å². The van der Waals surface area contributed by atoms with Gasteiger partial charge in [0.1, 0.15) is 5.75 Å². The number of rotatable bonds is 10. The van der Waals surface area contributed by atoms with Crippen LogP contribution < -0.4 is 10.1 Å². The Balaban J connectivity index is 2.07. The van der Waals surface area contributed by atoms with Gasteiger partial charge in [0.05, 0.1) is 13.2 Å². The number of hydrogen-bond donors (Lipinski definition) is 1. The van der Waals surface area contributed by atoms with E-state index in [1.165, 1.54) is 5.56 Å². The summed E-state index contributed by atoms with van der Waals surface area (Å²) in [6, 6.07) is 9.74. The molecule has 2 aromatic rings. The Bertz CT molecular complexity index is 866. The number of carbonyl (C=O) groups is 2. The van der Waals surface area contributed by atoms with E-state index >= 15 is 0 Å². The molecule has 0 aliphatic heterocycles. The summed E-state index contributed by atoms with van der Waals surface area (Å²) in [5.41, 5.74) is 5.74. The third-order valence-electron chi connectivity index (χ3n) is 5.10. The Morgan fingerprint density at radius 2 is 1.70 bits per heavy atom. The monoisotopic (exact) mass is 411 g/mol. The number of aryl methyl sites for hydroxylation is 3. The number of anilines is 1. The first-order chi connectivity index (χ1) is 14.4. The summed E-state index contributed by atoms with van der Waals surface area (Å²) >= 11 is 0. The molecule has 5 heteroatoms. The molecular weight excluding hydrogens is 378 g/mol. The molecule has 0 saturated heterocycles. The molecule has 0 heterocycles. The van der Waals surface area contributed by atoms with Gasteiger partial charge in [0.15, 0.2) is 0 Å². The number of benzene rings is 2. The molecule has 162 valence electrons. The molecule has 1 N–H and O–H groups in total. The van der Waals surface area contributed by atoms with Gasteiger partial charge in [0, 0.05) is 17.7 Å². The average molecular weight is 412 g/mol. The van der Waals surface area contributed by atoms with Crippen LogP contribution in [0, 0.1) is 13.8 Å². The molecule has 0 radical (unpaired) electrons. The van der Waals surface area contributed by atoms with Gasteiger partial charge in [-0.3, -0.25) is 9.59 Å². The minimum Gasteiger partial charge on any atom is -0.494 e. The summed E-state index contributed by atoms with van der Waals surface area (Å²) in [5, 5.41) is 3.09. The van der Waals surface area contributed by atoms with Crippen molar-refractivity contribution in [3.05, 3.63) is 58.1 Å². The maximum Gasteiger partial charge on any atom is 0.305 e. The summed E-state index contributed by atoms with van der Waals surface area (Å²) in [6.45, 7) is 10.7. The molecule has 0 saturated carbocycles. The molecule has 0 bridgehead atoms. The van der Waals surface area contributed by atoms with Crippen LogP contribution in [0.15, 0.2) is 30.3 Å². The van der Waals surface area contributed by atoms with Crippen molar-refractivity contribution < 1.29 is 19.1 Å². The fourth-order valence-electron chi connectivity index (χ4n) is 3.62. The standard InChI is InChI=1S/C25H33NO4/c1-6-19-11-9-12-22(21(19)7-2)25(28)26-24-17(4)15-20(16-18(24)5)30-14-10-13-23(27)29-8-3/h9,11-12,15-16H,6-8,10,13-14H2,1-5H3,(H,26,28). The third-order valence-corrected chi connectivity index (χ3v) is 5.10. The van der Waals surface area contributed by atoms with E-state index in [1.54, 1.807) is 6.92 Å². The molecule has 0 unspecified atom stereocenters. The molecule has 0 aliphatic rings. The molecule has 0 aliphatic carbocycles. The van der Waals surface area contributed by atoms with Gasteiger partial charge in [-0.15, -0.1) is 0 Å². The summed E-state index contributed by atoms with van der Waals surface area (Å²) < 4.78 is 10.7. The SMILES string of the molecule is CCOC(=O)CCCOc1cc(C)c(NC(=O)c2cccc(CC)c2CC)c(C)c1. The average Bonchev–Trinajstić information content (AvgIpc) is 2.73. The highest BCUT2D eigenvalue weighted by molar-refractivity contribution is 6.06. The molecule has 5 nitrogen and oxygen atoms in total. The van der Waals surface area contributed by atoms with Crippen LogP contribution in [-0.2, 0) is 22.4 Å². The smallest absolute Gasteiger partial charge is 0.305 e. The second-order valence-corrected chi connectivity index (χ2v) is 7.29. The van der Waals surface area contributed by atoms with Crippen LogP contribution in [0.2, 0.25) is 0 Å². The molecule has 2 aromatic carbocycles. The highest BCUT2D eigenvalue weighted by atomic mass is 16.5. The van der Waals surface area contributed by atoms with Crippen molar-refractivity contribution in [2.75, 3.05) is 18.5 Å². The van der Waals surface area contributed by atoms with Crippen LogP contribution in [0.25, 0.3) is 0 Å². The molecule has 30 heavy (non-hydrogen) atoms. The number of amides is 1. The van der Waals surface area contributed by atoms with Gasteiger partial charge in [-0.05, 0) is 80.5 Å². The van der Waals surface area contributed by atoms with Crippen LogP contribution in [0.1, 0.15) is 66.2 Å². The number of carbonyl (C=O) groups excluding carboxylic acids is 2.